The second kappa shape index (κ2) is 7.80. The molecule has 8 nitrogen and oxygen atoms in total. The van der Waals surface area contributed by atoms with Crippen molar-refractivity contribution in [3.05, 3.63) is 42.4 Å². The number of imidazole rings is 1. The number of aromatic amines is 1. The lowest BCUT2D eigenvalue weighted by atomic mass is 10.2. The minimum Gasteiger partial charge on any atom is -0.406 e. The highest BCUT2D eigenvalue weighted by Crippen LogP contribution is 2.23. The number of halogens is 3. The summed E-state index contributed by atoms with van der Waals surface area (Å²) in [7, 11) is -3.72. The van der Waals surface area contributed by atoms with Gasteiger partial charge in [-0.25, -0.2) is 13.4 Å². The van der Waals surface area contributed by atoms with E-state index in [1.54, 1.807) is 0 Å². The number of amides is 1. The monoisotopic (exact) mass is 418 g/mol. The first kappa shape index (κ1) is 20.1. The largest absolute Gasteiger partial charge is 0.573 e. The van der Waals surface area contributed by atoms with Crippen LogP contribution in [0.1, 0.15) is 16.8 Å². The molecule has 1 aromatic carbocycles. The highest BCUT2D eigenvalue weighted by molar-refractivity contribution is 7.89. The fourth-order valence-electron chi connectivity index (χ4n) is 2.84. The van der Waals surface area contributed by atoms with Crippen LogP contribution in [-0.2, 0) is 10.0 Å². The Morgan fingerprint density at radius 1 is 1.11 bits per heavy atom. The standard InChI is InChI=1S/C16H17F3N4O4S/c17-16(18,19)27-13-4-2-12(3-5-13)15(24)22-6-1-7-23(9-8-22)28(25,26)14-10-20-11-21-14/h2-5,10-11H,1,6-9H2,(H,20,21). The van der Waals surface area contributed by atoms with Crippen LogP contribution in [0.25, 0.3) is 0 Å². The summed E-state index contributed by atoms with van der Waals surface area (Å²) < 4.78 is 66.8. The second-order valence-electron chi connectivity index (χ2n) is 6.04. The maximum absolute atomic E-state index is 12.6. The van der Waals surface area contributed by atoms with Crippen LogP contribution < -0.4 is 4.74 Å². The molecule has 2 heterocycles. The van der Waals surface area contributed by atoms with Gasteiger partial charge in [-0.2, -0.15) is 4.31 Å². The third-order valence-corrected chi connectivity index (χ3v) is 5.99. The molecular formula is C16H17F3N4O4S. The van der Waals surface area contributed by atoms with E-state index in [9.17, 15) is 26.4 Å². The number of nitrogens with zero attached hydrogens (tertiary/aromatic N) is 3. The zero-order chi connectivity index (χ0) is 20.4. The lowest BCUT2D eigenvalue weighted by Crippen LogP contribution is -2.37. The number of rotatable bonds is 4. The average molecular weight is 418 g/mol. The highest BCUT2D eigenvalue weighted by Gasteiger charge is 2.32. The first-order valence-electron chi connectivity index (χ1n) is 8.30. The van der Waals surface area contributed by atoms with Crippen molar-refractivity contribution in [2.24, 2.45) is 0 Å². The Hall–Kier alpha value is -2.60. The molecule has 1 N–H and O–H groups in total. The summed E-state index contributed by atoms with van der Waals surface area (Å²) in [5.74, 6) is -0.809. The van der Waals surface area contributed by atoms with E-state index in [1.165, 1.54) is 33.9 Å². The summed E-state index contributed by atoms with van der Waals surface area (Å²) in [6.45, 7) is 0.827. The third kappa shape index (κ3) is 4.62. The van der Waals surface area contributed by atoms with Crippen molar-refractivity contribution in [2.75, 3.05) is 26.2 Å². The van der Waals surface area contributed by atoms with E-state index in [1.807, 2.05) is 0 Å². The lowest BCUT2D eigenvalue weighted by molar-refractivity contribution is -0.274. The van der Waals surface area contributed by atoms with Crippen molar-refractivity contribution in [1.82, 2.24) is 19.2 Å². The van der Waals surface area contributed by atoms with Gasteiger partial charge in [0.25, 0.3) is 15.9 Å². The molecule has 2 aromatic rings. The molecule has 1 fully saturated rings. The summed E-state index contributed by atoms with van der Waals surface area (Å²) in [5.41, 5.74) is 0.194. The zero-order valence-electron chi connectivity index (χ0n) is 14.5. The second-order valence-corrected chi connectivity index (χ2v) is 7.94. The summed E-state index contributed by atoms with van der Waals surface area (Å²) >= 11 is 0. The van der Waals surface area contributed by atoms with Gasteiger partial charge in [0.15, 0.2) is 5.03 Å². The Kier molecular flexibility index (Phi) is 5.61. The molecule has 0 bridgehead atoms. The number of benzene rings is 1. The van der Waals surface area contributed by atoms with E-state index < -0.39 is 22.1 Å². The summed E-state index contributed by atoms with van der Waals surface area (Å²) in [6.07, 6.45) is -1.89. The molecule has 3 rings (SSSR count). The minimum atomic E-state index is -4.81. The van der Waals surface area contributed by atoms with Crippen LogP contribution in [-0.4, -0.2) is 66.0 Å². The Morgan fingerprint density at radius 3 is 2.43 bits per heavy atom. The van der Waals surface area contributed by atoms with Crippen molar-refractivity contribution >= 4 is 15.9 Å². The van der Waals surface area contributed by atoms with Gasteiger partial charge >= 0.3 is 6.36 Å². The molecule has 28 heavy (non-hydrogen) atoms. The van der Waals surface area contributed by atoms with Crippen LogP contribution in [0.15, 0.2) is 41.8 Å². The molecule has 152 valence electrons. The summed E-state index contributed by atoms with van der Waals surface area (Å²) in [4.78, 5) is 20.4. The Balaban J connectivity index is 1.66. The summed E-state index contributed by atoms with van der Waals surface area (Å²) in [6, 6.07) is 4.61. The normalized spacial score (nSPS) is 16.6. The lowest BCUT2D eigenvalue weighted by Gasteiger charge is -2.21. The number of nitrogens with one attached hydrogen (secondary N) is 1. The van der Waals surface area contributed by atoms with E-state index in [2.05, 4.69) is 14.7 Å². The number of hydrogen-bond acceptors (Lipinski definition) is 5. The van der Waals surface area contributed by atoms with Gasteiger partial charge in [-0.1, -0.05) is 0 Å². The Labute approximate surface area is 159 Å². The van der Waals surface area contributed by atoms with Crippen LogP contribution in [0.3, 0.4) is 0 Å². The first-order valence-corrected chi connectivity index (χ1v) is 9.74. The molecule has 0 spiro atoms. The van der Waals surface area contributed by atoms with Gasteiger partial charge in [-0.05, 0) is 30.7 Å². The van der Waals surface area contributed by atoms with Gasteiger partial charge in [-0.3, -0.25) is 4.79 Å². The van der Waals surface area contributed by atoms with Gasteiger partial charge in [0, 0.05) is 31.7 Å². The van der Waals surface area contributed by atoms with E-state index in [0.717, 1.165) is 12.1 Å². The fraction of sp³-hybridized carbons (Fsp3) is 0.375. The fourth-order valence-corrected chi connectivity index (χ4v) is 4.21. The Morgan fingerprint density at radius 2 is 1.82 bits per heavy atom. The molecule has 1 saturated heterocycles. The molecule has 1 aromatic heterocycles. The SMILES string of the molecule is O=C(c1ccc(OC(F)(F)F)cc1)N1CCCN(S(=O)(=O)c2cnc[nH]2)CC1. The number of carbonyl (C=O) groups excluding carboxylic acids is 1. The molecule has 0 saturated carbocycles. The smallest absolute Gasteiger partial charge is 0.406 e. The van der Waals surface area contributed by atoms with Crippen molar-refractivity contribution in [3.8, 4) is 5.75 Å². The summed E-state index contributed by atoms with van der Waals surface area (Å²) in [5, 5.41) is -0.0208. The number of H-pyrrole nitrogens is 1. The number of hydrogen-bond donors (Lipinski definition) is 1. The average Bonchev–Trinajstić information content (AvgIpc) is 3.06. The number of ether oxygens (including phenoxy) is 1. The predicted molar refractivity (Wildman–Crippen MR) is 91.0 cm³/mol. The zero-order valence-corrected chi connectivity index (χ0v) is 15.3. The van der Waals surface area contributed by atoms with Crippen molar-refractivity contribution in [2.45, 2.75) is 17.8 Å². The molecule has 1 aliphatic heterocycles. The van der Waals surface area contributed by atoms with Crippen LogP contribution in [0.2, 0.25) is 0 Å². The Bertz CT molecular complexity index is 914. The molecule has 0 unspecified atom stereocenters. The number of sulfonamides is 1. The van der Waals surface area contributed by atoms with E-state index in [0.29, 0.717) is 13.0 Å². The quantitative estimate of drug-likeness (QED) is 0.818. The minimum absolute atomic E-state index is 0.0208. The number of alkyl halides is 3. The van der Waals surface area contributed by atoms with E-state index in [-0.39, 0.29) is 36.1 Å². The number of aromatic nitrogens is 2. The molecular weight excluding hydrogens is 401 g/mol. The van der Waals surface area contributed by atoms with Crippen LogP contribution in [0.4, 0.5) is 13.2 Å². The molecule has 1 aliphatic rings. The highest BCUT2D eigenvalue weighted by atomic mass is 32.2. The molecule has 0 radical (unpaired) electrons. The molecule has 0 aliphatic carbocycles. The topological polar surface area (TPSA) is 95.6 Å². The van der Waals surface area contributed by atoms with Crippen LogP contribution in [0.5, 0.6) is 5.75 Å². The van der Waals surface area contributed by atoms with Gasteiger partial charge in [0.05, 0.1) is 12.5 Å². The van der Waals surface area contributed by atoms with Gasteiger partial charge < -0.3 is 14.6 Å². The predicted octanol–water partition coefficient (Wildman–Crippen LogP) is 1.85. The molecule has 1 amide bonds. The van der Waals surface area contributed by atoms with E-state index in [4.69, 9.17) is 0 Å². The maximum atomic E-state index is 12.6. The van der Waals surface area contributed by atoms with Crippen molar-refractivity contribution < 1.29 is 31.1 Å². The number of carbonyl (C=O) groups is 1. The van der Waals surface area contributed by atoms with Crippen LogP contribution in [0, 0.1) is 0 Å². The van der Waals surface area contributed by atoms with Crippen molar-refractivity contribution in [1.29, 1.82) is 0 Å². The van der Waals surface area contributed by atoms with Crippen molar-refractivity contribution in [3.63, 3.8) is 0 Å². The van der Waals surface area contributed by atoms with Crippen LogP contribution >= 0.6 is 0 Å². The third-order valence-electron chi connectivity index (χ3n) is 4.17. The molecule has 0 atom stereocenters. The first-order chi connectivity index (χ1) is 13.2. The van der Waals surface area contributed by atoms with Gasteiger partial charge in [0.2, 0.25) is 0 Å². The van der Waals surface area contributed by atoms with Gasteiger partial charge in [0.1, 0.15) is 5.75 Å². The maximum Gasteiger partial charge on any atom is 0.573 e. The molecule has 12 heteroatoms. The van der Waals surface area contributed by atoms with Gasteiger partial charge in [-0.15, -0.1) is 13.2 Å². The van der Waals surface area contributed by atoms with E-state index >= 15 is 0 Å².